The molecule has 0 aliphatic carbocycles. The summed E-state index contributed by atoms with van der Waals surface area (Å²) in [6.07, 6.45) is 3.59. The van der Waals surface area contributed by atoms with Crippen molar-refractivity contribution in [2.45, 2.75) is 40.0 Å². The molecule has 0 N–H and O–H groups in total. The molecule has 2 heteroatoms. The van der Waals surface area contributed by atoms with Crippen molar-refractivity contribution in [2.24, 2.45) is 5.41 Å². The summed E-state index contributed by atoms with van der Waals surface area (Å²) in [7, 11) is 0. The van der Waals surface area contributed by atoms with E-state index in [9.17, 15) is 0 Å². The lowest BCUT2D eigenvalue weighted by atomic mass is 9.89. The van der Waals surface area contributed by atoms with Gasteiger partial charge in [-0.3, -0.25) is 0 Å². The minimum absolute atomic E-state index is 0.337. The van der Waals surface area contributed by atoms with Gasteiger partial charge in [0.1, 0.15) is 0 Å². The molecule has 1 atom stereocenters. The Balaban J connectivity index is 3.63. The van der Waals surface area contributed by atoms with Crippen LogP contribution >= 0.6 is 15.9 Å². The van der Waals surface area contributed by atoms with E-state index in [1.54, 1.807) is 0 Å². The summed E-state index contributed by atoms with van der Waals surface area (Å²) >= 11 is 3.55. The van der Waals surface area contributed by atoms with Crippen molar-refractivity contribution < 1.29 is 4.74 Å². The van der Waals surface area contributed by atoms with Gasteiger partial charge in [0.05, 0.1) is 6.61 Å². The summed E-state index contributed by atoms with van der Waals surface area (Å²) in [5, 5.41) is 1.04. The number of hydrogen-bond donors (Lipinski definition) is 0. The predicted molar refractivity (Wildman–Crippen MR) is 57.9 cm³/mol. The van der Waals surface area contributed by atoms with Crippen LogP contribution in [0, 0.1) is 5.41 Å². The van der Waals surface area contributed by atoms with E-state index in [1.165, 1.54) is 12.8 Å². The molecular formula is C10H21BrO. The van der Waals surface area contributed by atoms with Crippen molar-refractivity contribution in [1.82, 2.24) is 0 Å². The van der Waals surface area contributed by atoms with E-state index in [4.69, 9.17) is 4.74 Å². The molecule has 74 valence electrons. The zero-order chi connectivity index (χ0) is 9.45. The SMILES string of the molecule is CCCOCC(C)(CBr)CCC. The van der Waals surface area contributed by atoms with Crippen molar-refractivity contribution >= 4 is 15.9 Å². The Kier molecular flexibility index (Phi) is 7.16. The molecule has 0 rings (SSSR count). The smallest absolute Gasteiger partial charge is 0.0527 e. The Morgan fingerprint density at radius 2 is 1.92 bits per heavy atom. The van der Waals surface area contributed by atoms with Crippen molar-refractivity contribution in [3.63, 3.8) is 0 Å². The van der Waals surface area contributed by atoms with Gasteiger partial charge in [0.25, 0.3) is 0 Å². The van der Waals surface area contributed by atoms with Gasteiger partial charge in [-0.15, -0.1) is 0 Å². The maximum Gasteiger partial charge on any atom is 0.0527 e. The third kappa shape index (κ3) is 5.15. The highest BCUT2D eigenvalue weighted by molar-refractivity contribution is 9.09. The molecule has 0 saturated heterocycles. The van der Waals surface area contributed by atoms with Gasteiger partial charge in [0, 0.05) is 17.4 Å². The number of halogens is 1. The Bertz CT molecular complexity index is 106. The second-order valence-electron chi connectivity index (χ2n) is 3.75. The highest BCUT2D eigenvalue weighted by Gasteiger charge is 2.21. The first-order valence-electron chi connectivity index (χ1n) is 4.82. The van der Waals surface area contributed by atoms with E-state index in [1.807, 2.05) is 0 Å². The molecule has 0 fully saturated rings. The quantitative estimate of drug-likeness (QED) is 0.485. The Hall–Kier alpha value is 0.440. The van der Waals surface area contributed by atoms with Crippen molar-refractivity contribution in [3.8, 4) is 0 Å². The molecule has 0 aliphatic heterocycles. The molecule has 0 aliphatic rings. The molecule has 1 unspecified atom stereocenters. The van der Waals surface area contributed by atoms with Crippen LogP contribution in [0.4, 0.5) is 0 Å². The Morgan fingerprint density at radius 1 is 1.25 bits per heavy atom. The second kappa shape index (κ2) is 6.90. The molecule has 0 radical (unpaired) electrons. The van der Waals surface area contributed by atoms with Gasteiger partial charge in [0.15, 0.2) is 0 Å². The normalized spacial score (nSPS) is 16.0. The monoisotopic (exact) mass is 236 g/mol. The van der Waals surface area contributed by atoms with Crippen LogP contribution in [-0.2, 0) is 4.74 Å². The van der Waals surface area contributed by atoms with E-state index in [0.29, 0.717) is 5.41 Å². The summed E-state index contributed by atoms with van der Waals surface area (Å²) in [4.78, 5) is 0. The highest BCUT2D eigenvalue weighted by Crippen LogP contribution is 2.25. The van der Waals surface area contributed by atoms with Crippen LogP contribution in [0.5, 0.6) is 0 Å². The first-order chi connectivity index (χ1) is 5.68. The van der Waals surface area contributed by atoms with Gasteiger partial charge < -0.3 is 4.74 Å². The molecule has 0 aromatic heterocycles. The largest absolute Gasteiger partial charge is 0.381 e. The fraction of sp³-hybridized carbons (Fsp3) is 1.00. The summed E-state index contributed by atoms with van der Waals surface area (Å²) in [5.74, 6) is 0. The lowest BCUT2D eigenvalue weighted by Gasteiger charge is -2.26. The van der Waals surface area contributed by atoms with Crippen molar-refractivity contribution in [3.05, 3.63) is 0 Å². The van der Waals surface area contributed by atoms with Crippen LogP contribution < -0.4 is 0 Å². The second-order valence-corrected chi connectivity index (χ2v) is 4.31. The fourth-order valence-electron chi connectivity index (χ4n) is 1.24. The topological polar surface area (TPSA) is 9.23 Å². The lowest BCUT2D eigenvalue weighted by Crippen LogP contribution is -2.25. The van der Waals surface area contributed by atoms with Crippen LogP contribution in [0.25, 0.3) is 0 Å². The van der Waals surface area contributed by atoms with Gasteiger partial charge in [-0.25, -0.2) is 0 Å². The van der Waals surface area contributed by atoms with Gasteiger partial charge >= 0.3 is 0 Å². The van der Waals surface area contributed by atoms with E-state index in [-0.39, 0.29) is 0 Å². The molecule has 0 saturated carbocycles. The zero-order valence-corrected chi connectivity index (χ0v) is 10.1. The van der Waals surface area contributed by atoms with Gasteiger partial charge in [0.2, 0.25) is 0 Å². The van der Waals surface area contributed by atoms with Crippen molar-refractivity contribution in [1.29, 1.82) is 0 Å². The molecule has 0 bridgehead atoms. The van der Waals surface area contributed by atoms with E-state index in [0.717, 1.165) is 25.0 Å². The van der Waals surface area contributed by atoms with Crippen LogP contribution in [0.1, 0.15) is 40.0 Å². The minimum Gasteiger partial charge on any atom is -0.381 e. The number of ether oxygens (including phenoxy) is 1. The van der Waals surface area contributed by atoms with Gasteiger partial charge in [-0.2, -0.15) is 0 Å². The lowest BCUT2D eigenvalue weighted by molar-refractivity contribution is 0.0609. The van der Waals surface area contributed by atoms with E-state index >= 15 is 0 Å². The average Bonchev–Trinajstić information content (AvgIpc) is 2.06. The zero-order valence-electron chi connectivity index (χ0n) is 8.53. The van der Waals surface area contributed by atoms with Crippen LogP contribution in [0.2, 0.25) is 0 Å². The molecule has 0 aromatic rings. The molecule has 0 amide bonds. The summed E-state index contributed by atoms with van der Waals surface area (Å²) in [6, 6.07) is 0. The average molecular weight is 237 g/mol. The molecule has 0 spiro atoms. The summed E-state index contributed by atoms with van der Waals surface area (Å²) in [5.41, 5.74) is 0.337. The number of rotatable bonds is 7. The Labute approximate surface area is 85.0 Å². The minimum atomic E-state index is 0.337. The van der Waals surface area contributed by atoms with Crippen LogP contribution in [-0.4, -0.2) is 18.5 Å². The fourth-order valence-corrected chi connectivity index (χ4v) is 1.69. The third-order valence-corrected chi connectivity index (χ3v) is 3.33. The number of alkyl halides is 1. The molecular weight excluding hydrogens is 216 g/mol. The van der Waals surface area contributed by atoms with E-state index in [2.05, 4.69) is 36.7 Å². The van der Waals surface area contributed by atoms with E-state index < -0.39 is 0 Å². The molecule has 12 heavy (non-hydrogen) atoms. The van der Waals surface area contributed by atoms with Crippen LogP contribution in [0.3, 0.4) is 0 Å². The third-order valence-electron chi connectivity index (χ3n) is 1.98. The Morgan fingerprint density at radius 3 is 2.33 bits per heavy atom. The standard InChI is InChI=1S/C10H21BrO/c1-4-6-10(3,8-11)9-12-7-5-2/h4-9H2,1-3H3. The summed E-state index contributed by atoms with van der Waals surface area (Å²) in [6.45, 7) is 8.43. The van der Waals surface area contributed by atoms with Gasteiger partial charge in [-0.1, -0.05) is 43.1 Å². The molecule has 0 heterocycles. The first-order valence-corrected chi connectivity index (χ1v) is 5.94. The predicted octanol–water partition coefficient (Wildman–Crippen LogP) is 3.61. The molecule has 0 aromatic carbocycles. The van der Waals surface area contributed by atoms with Crippen molar-refractivity contribution in [2.75, 3.05) is 18.5 Å². The number of hydrogen-bond acceptors (Lipinski definition) is 1. The maximum absolute atomic E-state index is 5.56. The molecule has 1 nitrogen and oxygen atoms in total. The van der Waals surface area contributed by atoms with Crippen LogP contribution in [0.15, 0.2) is 0 Å². The first kappa shape index (κ1) is 12.4. The summed E-state index contributed by atoms with van der Waals surface area (Å²) < 4.78 is 5.56. The highest BCUT2D eigenvalue weighted by atomic mass is 79.9. The van der Waals surface area contributed by atoms with Gasteiger partial charge in [-0.05, 0) is 12.8 Å². The maximum atomic E-state index is 5.56.